The molecular weight excluding hydrogens is 411 g/mol. The van der Waals surface area contributed by atoms with E-state index in [2.05, 4.69) is 29.8 Å². The molecule has 0 unspecified atom stereocenters. The van der Waals surface area contributed by atoms with Crippen LogP contribution in [0.3, 0.4) is 0 Å². The van der Waals surface area contributed by atoms with Crippen molar-refractivity contribution >= 4 is 17.0 Å². The van der Waals surface area contributed by atoms with Crippen LogP contribution in [0.15, 0.2) is 31.0 Å². The number of pyridine rings is 1. The van der Waals surface area contributed by atoms with Crippen LogP contribution in [0.1, 0.15) is 24.1 Å². The number of hydrogen-bond donors (Lipinski definition) is 2. The van der Waals surface area contributed by atoms with Crippen molar-refractivity contribution in [2.45, 2.75) is 38.1 Å². The highest BCUT2D eigenvalue weighted by atomic mass is 19.4. The number of H-pyrrole nitrogens is 1. The van der Waals surface area contributed by atoms with E-state index >= 15 is 0 Å². The van der Waals surface area contributed by atoms with E-state index in [0.29, 0.717) is 37.1 Å². The first-order valence-corrected chi connectivity index (χ1v) is 9.88. The van der Waals surface area contributed by atoms with E-state index in [1.807, 2.05) is 6.92 Å². The van der Waals surface area contributed by atoms with Crippen molar-refractivity contribution in [2.24, 2.45) is 0 Å². The minimum Gasteiger partial charge on any atom is -0.388 e. The SMILES string of the molecule is Cc1cc2cc(C(F)(F)F)nc-2n(CC2(O)CCN(c3ncnc4nc[nH]c34)CC2)c1. The number of halogens is 3. The Labute approximate surface area is 175 Å². The second-order valence-corrected chi connectivity index (χ2v) is 8.07. The van der Waals surface area contributed by atoms with Crippen molar-refractivity contribution in [3.63, 3.8) is 0 Å². The summed E-state index contributed by atoms with van der Waals surface area (Å²) in [6.45, 7) is 3.06. The van der Waals surface area contributed by atoms with Gasteiger partial charge in [0, 0.05) is 24.8 Å². The molecule has 0 atom stereocenters. The van der Waals surface area contributed by atoms with Crippen LogP contribution in [0.2, 0.25) is 0 Å². The van der Waals surface area contributed by atoms with Gasteiger partial charge in [-0.25, -0.2) is 19.9 Å². The number of anilines is 1. The zero-order chi connectivity index (χ0) is 21.8. The number of aromatic nitrogens is 6. The summed E-state index contributed by atoms with van der Waals surface area (Å²) in [5.41, 5.74) is 0.540. The van der Waals surface area contributed by atoms with Crippen LogP contribution in [0.4, 0.5) is 19.0 Å². The fourth-order valence-electron chi connectivity index (χ4n) is 4.22. The van der Waals surface area contributed by atoms with E-state index in [4.69, 9.17) is 0 Å². The van der Waals surface area contributed by atoms with Crippen molar-refractivity contribution in [1.29, 1.82) is 0 Å². The standard InChI is InChI=1S/C20H20F3N7O/c1-12-6-13-7-14(20(21,22)23)28-17(13)30(8-12)9-19(31)2-4-29(5-3-19)18-15-16(25-10-24-15)26-11-27-18/h6-8,10-11,31H,2-5,9H2,1H3,(H,24,25,26,27). The molecule has 0 radical (unpaired) electrons. The summed E-state index contributed by atoms with van der Waals surface area (Å²) >= 11 is 0. The van der Waals surface area contributed by atoms with Gasteiger partial charge in [-0.1, -0.05) is 0 Å². The zero-order valence-electron chi connectivity index (χ0n) is 16.7. The molecular formula is C20H20F3N7O. The van der Waals surface area contributed by atoms with E-state index in [-0.39, 0.29) is 12.4 Å². The lowest BCUT2D eigenvalue weighted by molar-refractivity contribution is -0.140. The Kier molecular flexibility index (Phi) is 4.40. The van der Waals surface area contributed by atoms with Gasteiger partial charge in [0.1, 0.15) is 23.4 Å². The minimum atomic E-state index is -4.51. The van der Waals surface area contributed by atoms with Gasteiger partial charge in [-0.2, -0.15) is 13.2 Å². The predicted molar refractivity (Wildman–Crippen MR) is 107 cm³/mol. The summed E-state index contributed by atoms with van der Waals surface area (Å²) in [5, 5.41) is 11.2. The molecule has 3 aliphatic rings. The molecule has 162 valence electrons. The topological polar surface area (TPSA) is 95.8 Å². The van der Waals surface area contributed by atoms with Gasteiger partial charge < -0.3 is 19.6 Å². The third kappa shape index (κ3) is 3.58. The molecule has 5 rings (SSSR count). The number of aliphatic hydroxyl groups is 1. The third-order valence-corrected chi connectivity index (χ3v) is 5.74. The quantitative estimate of drug-likeness (QED) is 0.518. The number of rotatable bonds is 3. The number of alkyl halides is 3. The number of aromatic amines is 1. The van der Waals surface area contributed by atoms with E-state index in [0.717, 1.165) is 23.0 Å². The van der Waals surface area contributed by atoms with E-state index < -0.39 is 17.5 Å². The van der Waals surface area contributed by atoms with Crippen LogP contribution in [0, 0.1) is 6.92 Å². The first-order valence-electron chi connectivity index (χ1n) is 9.88. The summed E-state index contributed by atoms with van der Waals surface area (Å²) in [5.74, 6) is 0.950. The van der Waals surface area contributed by atoms with Gasteiger partial charge in [-0.05, 0) is 37.5 Å². The summed E-state index contributed by atoms with van der Waals surface area (Å²) < 4.78 is 41.1. The van der Waals surface area contributed by atoms with E-state index in [1.54, 1.807) is 23.2 Å². The molecule has 31 heavy (non-hydrogen) atoms. The molecule has 0 aliphatic carbocycles. The summed E-state index contributed by atoms with van der Waals surface area (Å²) in [7, 11) is 0. The van der Waals surface area contributed by atoms with Crippen LogP contribution in [0.25, 0.3) is 22.6 Å². The van der Waals surface area contributed by atoms with E-state index in [1.165, 1.54) is 6.33 Å². The van der Waals surface area contributed by atoms with Crippen molar-refractivity contribution in [3.8, 4) is 11.4 Å². The average molecular weight is 431 g/mol. The Balaban J connectivity index is 1.38. The maximum Gasteiger partial charge on any atom is 0.433 e. The molecule has 1 saturated heterocycles. The molecule has 5 heterocycles. The summed E-state index contributed by atoms with van der Waals surface area (Å²) in [6.07, 6.45) is 1.10. The molecule has 11 heteroatoms. The molecule has 3 aliphatic heterocycles. The Morgan fingerprint density at radius 3 is 2.68 bits per heavy atom. The van der Waals surface area contributed by atoms with Gasteiger partial charge in [0.2, 0.25) is 0 Å². The number of piperidine rings is 1. The van der Waals surface area contributed by atoms with Gasteiger partial charge in [0.05, 0.1) is 18.5 Å². The fourth-order valence-corrected chi connectivity index (χ4v) is 4.22. The number of nitrogens with zero attached hydrogens (tertiary/aromatic N) is 6. The highest BCUT2D eigenvalue weighted by Gasteiger charge is 2.37. The zero-order valence-corrected chi connectivity index (χ0v) is 16.7. The lowest BCUT2D eigenvalue weighted by Gasteiger charge is -2.39. The normalized spacial score (nSPS) is 17.0. The van der Waals surface area contributed by atoms with Crippen LogP contribution in [-0.2, 0) is 12.7 Å². The number of aryl methyl sites for hydroxylation is 1. The number of hydrogen-bond acceptors (Lipinski definition) is 6. The third-order valence-electron chi connectivity index (χ3n) is 5.74. The molecule has 0 aromatic carbocycles. The summed E-state index contributed by atoms with van der Waals surface area (Å²) in [4.78, 5) is 21.5. The fraction of sp³-hybridized carbons (Fsp3) is 0.400. The average Bonchev–Trinajstić information content (AvgIpc) is 3.35. The maximum absolute atomic E-state index is 13.1. The molecule has 2 aromatic heterocycles. The summed E-state index contributed by atoms with van der Waals surface area (Å²) in [6, 6.07) is 2.72. The van der Waals surface area contributed by atoms with Crippen molar-refractivity contribution in [1.82, 2.24) is 29.5 Å². The van der Waals surface area contributed by atoms with Crippen LogP contribution >= 0.6 is 0 Å². The van der Waals surface area contributed by atoms with Gasteiger partial charge >= 0.3 is 6.18 Å². The molecule has 1 fully saturated rings. The van der Waals surface area contributed by atoms with Crippen LogP contribution < -0.4 is 4.90 Å². The minimum absolute atomic E-state index is 0.163. The van der Waals surface area contributed by atoms with Crippen LogP contribution in [0.5, 0.6) is 0 Å². The molecule has 2 N–H and O–H groups in total. The second kappa shape index (κ2) is 6.91. The van der Waals surface area contributed by atoms with Crippen molar-refractivity contribution in [2.75, 3.05) is 18.0 Å². The molecule has 0 saturated carbocycles. The monoisotopic (exact) mass is 431 g/mol. The van der Waals surface area contributed by atoms with Crippen molar-refractivity contribution in [3.05, 3.63) is 42.2 Å². The number of fused-ring (bicyclic) bond motifs is 2. The van der Waals surface area contributed by atoms with Gasteiger partial charge in [0.25, 0.3) is 0 Å². The maximum atomic E-state index is 13.1. The Morgan fingerprint density at radius 2 is 1.94 bits per heavy atom. The Morgan fingerprint density at radius 1 is 1.16 bits per heavy atom. The predicted octanol–water partition coefficient (Wildman–Crippen LogP) is 3.01. The Bertz CT molecular complexity index is 1210. The van der Waals surface area contributed by atoms with Gasteiger partial charge in [-0.15, -0.1) is 0 Å². The second-order valence-electron chi connectivity index (χ2n) is 8.07. The van der Waals surface area contributed by atoms with Crippen molar-refractivity contribution < 1.29 is 18.3 Å². The molecule has 8 nitrogen and oxygen atoms in total. The number of nitrogens with one attached hydrogen (secondary N) is 1. The highest BCUT2D eigenvalue weighted by molar-refractivity contribution is 5.82. The highest BCUT2D eigenvalue weighted by Crippen LogP contribution is 2.36. The smallest absolute Gasteiger partial charge is 0.388 e. The first kappa shape index (κ1) is 19.7. The van der Waals surface area contributed by atoms with Gasteiger partial charge in [-0.3, -0.25) is 0 Å². The molecule has 0 amide bonds. The lowest BCUT2D eigenvalue weighted by Crippen LogP contribution is -2.47. The van der Waals surface area contributed by atoms with Gasteiger partial charge in [0.15, 0.2) is 11.5 Å². The molecule has 2 aromatic rings. The van der Waals surface area contributed by atoms with Crippen LogP contribution in [-0.4, -0.2) is 53.3 Å². The first-order chi connectivity index (χ1) is 14.7. The Hall–Kier alpha value is -3.21. The lowest BCUT2D eigenvalue weighted by atomic mass is 9.91. The molecule has 0 bridgehead atoms. The largest absolute Gasteiger partial charge is 0.433 e. The number of imidazole rings is 1. The van der Waals surface area contributed by atoms with E-state index in [9.17, 15) is 18.3 Å². The molecule has 0 spiro atoms.